The molecule has 1 heterocycles. The molecule has 3 nitrogen and oxygen atoms in total. The van der Waals surface area contributed by atoms with Crippen LogP contribution in [0.5, 0.6) is 0 Å². The monoisotopic (exact) mass is 200 g/mol. The molecular formula is C11H24N2O. The molecule has 2 unspecified atom stereocenters. The fraction of sp³-hybridized carbons (Fsp3) is 1.00. The second kappa shape index (κ2) is 7.21. The zero-order valence-electron chi connectivity index (χ0n) is 9.51. The summed E-state index contributed by atoms with van der Waals surface area (Å²) in [7, 11) is 1.76. The average Bonchev–Trinajstić information content (AvgIpc) is 2.69. The number of methoxy groups -OCH3 is 1. The van der Waals surface area contributed by atoms with Gasteiger partial charge in [0, 0.05) is 13.7 Å². The highest BCUT2D eigenvalue weighted by Gasteiger charge is 2.13. The zero-order chi connectivity index (χ0) is 10.2. The second-order valence-corrected chi connectivity index (χ2v) is 4.25. The van der Waals surface area contributed by atoms with Crippen LogP contribution < -0.4 is 10.6 Å². The van der Waals surface area contributed by atoms with Crippen LogP contribution >= 0.6 is 0 Å². The third-order valence-electron chi connectivity index (χ3n) is 2.96. The third kappa shape index (κ3) is 4.94. The van der Waals surface area contributed by atoms with Crippen LogP contribution in [-0.2, 0) is 4.74 Å². The Morgan fingerprint density at radius 1 is 1.57 bits per heavy atom. The van der Waals surface area contributed by atoms with Crippen molar-refractivity contribution in [2.24, 2.45) is 5.92 Å². The highest BCUT2D eigenvalue weighted by Crippen LogP contribution is 2.13. The Labute approximate surface area is 87.6 Å². The van der Waals surface area contributed by atoms with Gasteiger partial charge in [-0.3, -0.25) is 0 Å². The Morgan fingerprint density at radius 2 is 2.43 bits per heavy atom. The Bertz CT molecular complexity index is 135. The molecule has 0 bridgehead atoms. The summed E-state index contributed by atoms with van der Waals surface area (Å²) in [4.78, 5) is 0. The van der Waals surface area contributed by atoms with Gasteiger partial charge in [-0.15, -0.1) is 0 Å². The molecule has 0 spiro atoms. The maximum atomic E-state index is 5.16. The highest BCUT2D eigenvalue weighted by atomic mass is 16.5. The van der Waals surface area contributed by atoms with Gasteiger partial charge in [-0.1, -0.05) is 0 Å². The summed E-state index contributed by atoms with van der Waals surface area (Å²) < 4.78 is 5.16. The van der Waals surface area contributed by atoms with Gasteiger partial charge in [-0.05, 0) is 51.7 Å². The van der Waals surface area contributed by atoms with Crippen LogP contribution in [0.4, 0.5) is 0 Å². The molecule has 3 heteroatoms. The fourth-order valence-electron chi connectivity index (χ4n) is 1.87. The van der Waals surface area contributed by atoms with Crippen LogP contribution in [0.15, 0.2) is 0 Å². The van der Waals surface area contributed by atoms with E-state index in [1.165, 1.54) is 32.4 Å². The number of hydrogen-bond acceptors (Lipinski definition) is 3. The van der Waals surface area contributed by atoms with E-state index in [9.17, 15) is 0 Å². The van der Waals surface area contributed by atoms with Crippen LogP contribution in [0.3, 0.4) is 0 Å². The lowest BCUT2D eigenvalue weighted by atomic mass is 10.0. The van der Waals surface area contributed by atoms with Gasteiger partial charge in [0.1, 0.15) is 0 Å². The number of hydrogen-bond donors (Lipinski definition) is 2. The quantitative estimate of drug-likeness (QED) is 0.602. The van der Waals surface area contributed by atoms with Gasteiger partial charge in [0.2, 0.25) is 0 Å². The van der Waals surface area contributed by atoms with Crippen molar-refractivity contribution in [1.29, 1.82) is 0 Å². The number of rotatable bonds is 7. The van der Waals surface area contributed by atoms with Crippen LogP contribution in [0.25, 0.3) is 0 Å². The van der Waals surface area contributed by atoms with Gasteiger partial charge < -0.3 is 15.4 Å². The van der Waals surface area contributed by atoms with Gasteiger partial charge in [0.05, 0.1) is 6.10 Å². The first-order valence-electron chi connectivity index (χ1n) is 5.77. The van der Waals surface area contributed by atoms with Crippen LogP contribution in [0, 0.1) is 5.92 Å². The van der Waals surface area contributed by atoms with E-state index in [-0.39, 0.29) is 0 Å². The maximum Gasteiger partial charge on any atom is 0.0667 e. The van der Waals surface area contributed by atoms with Gasteiger partial charge in [0.25, 0.3) is 0 Å². The van der Waals surface area contributed by atoms with E-state index < -0.39 is 0 Å². The smallest absolute Gasteiger partial charge is 0.0667 e. The fourth-order valence-corrected chi connectivity index (χ4v) is 1.87. The standard InChI is InChI=1S/C11H24N2O/c1-10(14-2)8-12-6-3-4-11-5-7-13-9-11/h10-13H,3-9H2,1-2H3. The van der Waals surface area contributed by atoms with Crippen LogP contribution in [0.1, 0.15) is 26.2 Å². The third-order valence-corrected chi connectivity index (χ3v) is 2.96. The van der Waals surface area contributed by atoms with E-state index in [2.05, 4.69) is 17.6 Å². The lowest BCUT2D eigenvalue weighted by Crippen LogP contribution is -2.27. The summed E-state index contributed by atoms with van der Waals surface area (Å²) in [5.74, 6) is 0.927. The van der Waals surface area contributed by atoms with E-state index in [0.29, 0.717) is 6.10 Å². The van der Waals surface area contributed by atoms with E-state index in [0.717, 1.165) is 19.0 Å². The molecule has 0 aromatic heterocycles. The Hall–Kier alpha value is -0.120. The van der Waals surface area contributed by atoms with E-state index >= 15 is 0 Å². The van der Waals surface area contributed by atoms with Crippen LogP contribution in [-0.4, -0.2) is 39.4 Å². The van der Waals surface area contributed by atoms with Crippen LogP contribution in [0.2, 0.25) is 0 Å². The molecule has 0 aromatic carbocycles. The molecule has 1 saturated heterocycles. The molecule has 1 rings (SSSR count). The molecule has 84 valence electrons. The predicted molar refractivity (Wildman–Crippen MR) is 59.6 cm³/mol. The summed E-state index contributed by atoms with van der Waals surface area (Å²) in [5, 5.41) is 6.81. The highest BCUT2D eigenvalue weighted by molar-refractivity contribution is 4.71. The van der Waals surface area contributed by atoms with Crippen molar-refractivity contribution in [3.05, 3.63) is 0 Å². The molecule has 1 aliphatic rings. The van der Waals surface area contributed by atoms with E-state index in [1.807, 2.05) is 0 Å². The molecule has 2 atom stereocenters. The van der Waals surface area contributed by atoms with Gasteiger partial charge in [0.15, 0.2) is 0 Å². The molecule has 0 saturated carbocycles. The van der Waals surface area contributed by atoms with Gasteiger partial charge in [-0.2, -0.15) is 0 Å². The normalized spacial score (nSPS) is 24.0. The van der Waals surface area contributed by atoms with Gasteiger partial charge in [-0.25, -0.2) is 0 Å². The predicted octanol–water partition coefficient (Wildman–Crippen LogP) is 1.00. The largest absolute Gasteiger partial charge is 0.380 e. The number of ether oxygens (including phenoxy) is 1. The zero-order valence-corrected chi connectivity index (χ0v) is 9.51. The summed E-state index contributed by atoms with van der Waals surface area (Å²) in [5.41, 5.74) is 0. The number of nitrogens with one attached hydrogen (secondary N) is 2. The molecule has 0 aliphatic carbocycles. The van der Waals surface area contributed by atoms with E-state index in [1.54, 1.807) is 7.11 Å². The Kier molecular flexibility index (Phi) is 6.15. The first kappa shape index (κ1) is 12.0. The molecule has 0 amide bonds. The molecule has 1 aliphatic heterocycles. The minimum absolute atomic E-state index is 0.336. The molecule has 0 aromatic rings. The van der Waals surface area contributed by atoms with Crippen molar-refractivity contribution in [1.82, 2.24) is 10.6 Å². The lowest BCUT2D eigenvalue weighted by molar-refractivity contribution is 0.117. The molecule has 2 N–H and O–H groups in total. The Morgan fingerprint density at radius 3 is 3.07 bits per heavy atom. The maximum absolute atomic E-state index is 5.16. The van der Waals surface area contributed by atoms with E-state index in [4.69, 9.17) is 4.74 Å². The summed E-state index contributed by atoms with van der Waals surface area (Å²) >= 11 is 0. The SMILES string of the molecule is COC(C)CNCCCC1CCNC1. The summed E-state index contributed by atoms with van der Waals surface area (Å²) in [6.45, 7) is 6.64. The first-order valence-corrected chi connectivity index (χ1v) is 5.77. The summed E-state index contributed by atoms with van der Waals surface area (Å²) in [6.07, 6.45) is 4.36. The molecular weight excluding hydrogens is 176 g/mol. The molecule has 14 heavy (non-hydrogen) atoms. The van der Waals surface area contributed by atoms with Crippen molar-refractivity contribution in [3.8, 4) is 0 Å². The van der Waals surface area contributed by atoms with Crippen molar-refractivity contribution < 1.29 is 4.74 Å². The second-order valence-electron chi connectivity index (χ2n) is 4.25. The minimum Gasteiger partial charge on any atom is -0.380 e. The Balaban J connectivity index is 1.84. The topological polar surface area (TPSA) is 33.3 Å². The van der Waals surface area contributed by atoms with Gasteiger partial charge >= 0.3 is 0 Å². The van der Waals surface area contributed by atoms with Crippen molar-refractivity contribution >= 4 is 0 Å². The van der Waals surface area contributed by atoms with Crippen molar-refractivity contribution in [2.45, 2.75) is 32.3 Å². The summed E-state index contributed by atoms with van der Waals surface area (Å²) in [6, 6.07) is 0. The minimum atomic E-state index is 0.336. The molecule has 0 radical (unpaired) electrons. The van der Waals surface area contributed by atoms with Crippen molar-refractivity contribution in [3.63, 3.8) is 0 Å². The average molecular weight is 200 g/mol. The van der Waals surface area contributed by atoms with Crippen molar-refractivity contribution in [2.75, 3.05) is 33.3 Å². The molecule has 1 fully saturated rings. The lowest BCUT2D eigenvalue weighted by Gasteiger charge is -2.11. The first-order chi connectivity index (χ1) is 6.83.